The molecule has 1 N–H and O–H groups in total. The second-order valence-electron chi connectivity index (χ2n) is 5.07. The molecule has 0 aliphatic heterocycles. The van der Waals surface area contributed by atoms with Crippen LogP contribution in [0.3, 0.4) is 0 Å². The Labute approximate surface area is 168 Å². The van der Waals surface area contributed by atoms with Gasteiger partial charge in [0, 0.05) is 11.3 Å². The van der Waals surface area contributed by atoms with Gasteiger partial charge >= 0.3 is 0 Å². The van der Waals surface area contributed by atoms with E-state index in [9.17, 15) is 4.79 Å². The molecule has 5 nitrogen and oxygen atoms in total. The van der Waals surface area contributed by atoms with E-state index in [2.05, 4.69) is 15.5 Å². The zero-order valence-corrected chi connectivity index (χ0v) is 16.7. The van der Waals surface area contributed by atoms with Crippen LogP contribution in [0.1, 0.15) is 15.9 Å². The first-order valence-corrected chi connectivity index (χ1v) is 9.97. The summed E-state index contributed by atoms with van der Waals surface area (Å²) in [5, 5.41) is 11.7. The van der Waals surface area contributed by atoms with Crippen LogP contribution in [0.25, 0.3) is 0 Å². The van der Waals surface area contributed by atoms with Crippen molar-refractivity contribution < 1.29 is 9.53 Å². The van der Waals surface area contributed by atoms with Gasteiger partial charge in [-0.1, -0.05) is 76.6 Å². The van der Waals surface area contributed by atoms with Crippen molar-refractivity contribution in [3.05, 3.63) is 63.6 Å². The summed E-state index contributed by atoms with van der Waals surface area (Å²) in [5.41, 5.74) is 1.51. The molecule has 0 saturated heterocycles. The number of aromatic nitrogens is 2. The number of rotatable bonds is 6. The van der Waals surface area contributed by atoms with Crippen molar-refractivity contribution in [2.75, 3.05) is 12.4 Å². The number of hydrogen-bond acceptors (Lipinski definition) is 6. The van der Waals surface area contributed by atoms with E-state index in [4.69, 9.17) is 27.9 Å². The van der Waals surface area contributed by atoms with Crippen LogP contribution in [-0.2, 0) is 5.75 Å². The maximum atomic E-state index is 12.4. The lowest BCUT2D eigenvalue weighted by atomic mass is 10.2. The van der Waals surface area contributed by atoms with Gasteiger partial charge in [-0.25, -0.2) is 0 Å². The molecule has 134 valence electrons. The first-order chi connectivity index (χ1) is 12.6. The molecule has 0 bridgehead atoms. The van der Waals surface area contributed by atoms with Crippen LogP contribution < -0.4 is 10.1 Å². The third-order valence-electron chi connectivity index (χ3n) is 3.30. The molecule has 26 heavy (non-hydrogen) atoms. The first-order valence-electron chi connectivity index (χ1n) is 7.41. The third-order valence-corrected chi connectivity index (χ3v) is 5.90. The number of hydrogen-bond donors (Lipinski definition) is 1. The van der Waals surface area contributed by atoms with Crippen LogP contribution in [0.15, 0.2) is 46.8 Å². The average molecular weight is 426 g/mol. The quantitative estimate of drug-likeness (QED) is 0.423. The molecule has 3 aromatic rings. The van der Waals surface area contributed by atoms with Crippen molar-refractivity contribution in [1.29, 1.82) is 0 Å². The van der Waals surface area contributed by atoms with E-state index in [-0.39, 0.29) is 16.0 Å². The molecule has 0 spiro atoms. The zero-order valence-electron chi connectivity index (χ0n) is 13.5. The molecule has 0 saturated carbocycles. The molecular formula is C17H13Cl2N3O2S2. The van der Waals surface area contributed by atoms with Crippen LogP contribution in [0.5, 0.6) is 5.75 Å². The lowest BCUT2D eigenvalue weighted by Gasteiger charge is -2.08. The van der Waals surface area contributed by atoms with Gasteiger partial charge in [-0.15, -0.1) is 10.2 Å². The molecule has 1 heterocycles. The standard InChI is InChI=1S/C17H13Cl2N3O2S2/c1-24-14-12(18)7-11(8-13(14)19)15(23)20-16-21-22-17(26-16)25-9-10-5-3-2-4-6-10/h2-8H,9H2,1H3,(H,20,21,23). The normalized spacial score (nSPS) is 10.6. The number of ether oxygens (including phenoxy) is 1. The largest absolute Gasteiger partial charge is 0.494 e. The molecule has 0 fully saturated rings. The SMILES string of the molecule is COc1c(Cl)cc(C(=O)Nc2nnc(SCc3ccccc3)s2)cc1Cl. The lowest BCUT2D eigenvalue weighted by Crippen LogP contribution is -2.12. The highest BCUT2D eigenvalue weighted by Gasteiger charge is 2.15. The van der Waals surface area contributed by atoms with Crippen molar-refractivity contribution in [1.82, 2.24) is 10.2 Å². The maximum absolute atomic E-state index is 12.4. The minimum Gasteiger partial charge on any atom is -0.494 e. The summed E-state index contributed by atoms with van der Waals surface area (Å²) in [6, 6.07) is 13.0. The van der Waals surface area contributed by atoms with Crippen molar-refractivity contribution in [2.45, 2.75) is 10.1 Å². The Kier molecular flexibility index (Phi) is 6.37. The number of halogens is 2. The van der Waals surface area contributed by atoms with E-state index in [0.29, 0.717) is 16.4 Å². The number of methoxy groups -OCH3 is 1. The van der Waals surface area contributed by atoms with E-state index >= 15 is 0 Å². The number of benzene rings is 2. The molecule has 9 heteroatoms. The highest BCUT2D eigenvalue weighted by atomic mass is 35.5. The monoisotopic (exact) mass is 425 g/mol. The maximum Gasteiger partial charge on any atom is 0.257 e. The van der Waals surface area contributed by atoms with E-state index < -0.39 is 0 Å². The van der Waals surface area contributed by atoms with Crippen LogP contribution in [0, 0.1) is 0 Å². The second-order valence-corrected chi connectivity index (χ2v) is 8.09. The molecule has 0 atom stereocenters. The molecule has 0 aliphatic rings. The summed E-state index contributed by atoms with van der Waals surface area (Å²) >= 11 is 15.0. The van der Waals surface area contributed by atoms with E-state index in [1.54, 1.807) is 11.8 Å². The van der Waals surface area contributed by atoms with Crippen molar-refractivity contribution in [2.24, 2.45) is 0 Å². The van der Waals surface area contributed by atoms with Gasteiger partial charge in [0.05, 0.1) is 17.2 Å². The Morgan fingerprint density at radius 1 is 1.19 bits per heavy atom. The molecule has 0 radical (unpaired) electrons. The summed E-state index contributed by atoms with van der Waals surface area (Å²) in [7, 11) is 1.46. The Bertz CT molecular complexity index is 896. The van der Waals surface area contributed by atoms with Gasteiger partial charge < -0.3 is 4.74 Å². The minimum atomic E-state index is -0.368. The molecule has 1 amide bonds. The Morgan fingerprint density at radius 2 is 1.88 bits per heavy atom. The van der Waals surface area contributed by atoms with Crippen LogP contribution in [0.2, 0.25) is 10.0 Å². The molecular weight excluding hydrogens is 413 g/mol. The molecule has 1 aromatic heterocycles. The molecule has 0 unspecified atom stereocenters. The summed E-state index contributed by atoms with van der Waals surface area (Å²) in [6.45, 7) is 0. The smallest absolute Gasteiger partial charge is 0.257 e. The molecule has 0 aliphatic carbocycles. The van der Waals surface area contributed by atoms with Gasteiger partial charge in [0.15, 0.2) is 10.1 Å². The number of anilines is 1. The van der Waals surface area contributed by atoms with Crippen LogP contribution >= 0.6 is 46.3 Å². The summed E-state index contributed by atoms with van der Waals surface area (Å²) in [6.07, 6.45) is 0. The fraction of sp³-hybridized carbons (Fsp3) is 0.118. The van der Waals surface area contributed by atoms with Gasteiger partial charge in [-0.3, -0.25) is 10.1 Å². The highest BCUT2D eigenvalue weighted by Crippen LogP contribution is 2.34. The number of amides is 1. The van der Waals surface area contributed by atoms with Gasteiger partial charge in [-0.2, -0.15) is 0 Å². The molecule has 2 aromatic carbocycles. The first kappa shape index (κ1) is 19.0. The molecule has 3 rings (SSSR count). The number of thioether (sulfide) groups is 1. The predicted molar refractivity (Wildman–Crippen MR) is 107 cm³/mol. The van der Waals surface area contributed by atoms with Crippen LogP contribution in [-0.4, -0.2) is 23.2 Å². The average Bonchev–Trinajstić information content (AvgIpc) is 3.08. The number of carbonyl (C=O) groups is 1. The number of nitrogens with one attached hydrogen (secondary N) is 1. The highest BCUT2D eigenvalue weighted by molar-refractivity contribution is 8.00. The van der Waals surface area contributed by atoms with Gasteiger partial charge in [0.1, 0.15) is 0 Å². The van der Waals surface area contributed by atoms with Gasteiger partial charge in [-0.05, 0) is 17.7 Å². The fourth-order valence-corrected chi connectivity index (χ4v) is 4.44. The Morgan fingerprint density at radius 3 is 2.54 bits per heavy atom. The van der Waals surface area contributed by atoms with Gasteiger partial charge in [0.2, 0.25) is 5.13 Å². The summed E-state index contributed by atoms with van der Waals surface area (Å²) in [5.74, 6) is 0.750. The Balaban J connectivity index is 1.64. The Hall–Kier alpha value is -1.80. The number of nitrogens with zero attached hydrogens (tertiary/aromatic N) is 2. The van der Waals surface area contributed by atoms with Crippen molar-refractivity contribution in [3.63, 3.8) is 0 Å². The predicted octanol–water partition coefficient (Wildman–Crippen LogP) is 5.40. The zero-order chi connectivity index (χ0) is 18.5. The van der Waals surface area contributed by atoms with Crippen molar-refractivity contribution in [3.8, 4) is 5.75 Å². The summed E-state index contributed by atoms with van der Waals surface area (Å²) in [4.78, 5) is 12.4. The fourth-order valence-electron chi connectivity index (χ4n) is 2.09. The lowest BCUT2D eigenvalue weighted by molar-refractivity contribution is 0.102. The van der Waals surface area contributed by atoms with E-state index in [1.165, 1.54) is 36.1 Å². The topological polar surface area (TPSA) is 64.1 Å². The second kappa shape index (κ2) is 8.73. The van der Waals surface area contributed by atoms with E-state index in [0.717, 1.165) is 10.1 Å². The van der Waals surface area contributed by atoms with E-state index in [1.807, 2.05) is 30.3 Å². The number of carbonyl (C=O) groups excluding carboxylic acids is 1. The van der Waals surface area contributed by atoms with Gasteiger partial charge in [0.25, 0.3) is 5.91 Å². The minimum absolute atomic E-state index is 0.265. The van der Waals surface area contributed by atoms with Crippen LogP contribution in [0.4, 0.5) is 5.13 Å². The third kappa shape index (κ3) is 4.67. The van der Waals surface area contributed by atoms with Crippen molar-refractivity contribution >= 4 is 57.3 Å². The summed E-state index contributed by atoms with van der Waals surface area (Å²) < 4.78 is 5.85.